The number of ether oxygens (including phenoxy) is 1. The number of amides is 1. The first-order valence-electron chi connectivity index (χ1n) is 9.68. The van der Waals surface area contributed by atoms with Gasteiger partial charge >= 0.3 is 0 Å². The van der Waals surface area contributed by atoms with Gasteiger partial charge in [-0.15, -0.1) is 0 Å². The van der Waals surface area contributed by atoms with Crippen LogP contribution >= 0.6 is 11.6 Å². The zero-order valence-corrected chi connectivity index (χ0v) is 18.6. The van der Waals surface area contributed by atoms with Gasteiger partial charge in [0.15, 0.2) is 5.75 Å². The zero-order chi connectivity index (χ0) is 22.2. The number of hydrogen-bond donors (Lipinski definition) is 1. The van der Waals surface area contributed by atoms with Gasteiger partial charge in [0, 0.05) is 16.6 Å². The third kappa shape index (κ3) is 4.52. The monoisotopic (exact) mass is 456 g/mol. The smallest absolute Gasteiger partial charge is 0.255 e. The second kappa shape index (κ2) is 8.24. The van der Waals surface area contributed by atoms with Crippen molar-refractivity contribution in [1.82, 2.24) is 0 Å². The molecule has 4 rings (SSSR count). The summed E-state index contributed by atoms with van der Waals surface area (Å²) in [6.45, 7) is 1.85. The standard InChI is InChI=1S/C23H21ClN2O4S/c1-15-12-17-13-16(8-10-21(17)26(15)31(2,28)29)23(27)25-20-14-18(24)9-11-22(20)30-19-6-4-3-5-7-19/h3-11,13-15H,12H2,1-2H3,(H,25,27). The summed E-state index contributed by atoms with van der Waals surface area (Å²) in [5, 5.41) is 3.31. The number of halogens is 1. The van der Waals surface area contributed by atoms with E-state index in [-0.39, 0.29) is 11.9 Å². The SMILES string of the molecule is CC1Cc2cc(C(=O)Nc3cc(Cl)ccc3Oc3ccccc3)ccc2N1S(C)(=O)=O. The largest absolute Gasteiger partial charge is 0.455 e. The quantitative estimate of drug-likeness (QED) is 0.579. The minimum absolute atomic E-state index is 0.192. The van der Waals surface area contributed by atoms with E-state index >= 15 is 0 Å². The summed E-state index contributed by atoms with van der Waals surface area (Å²) in [5.41, 5.74) is 2.29. The summed E-state index contributed by atoms with van der Waals surface area (Å²) in [6.07, 6.45) is 1.73. The molecule has 1 N–H and O–H groups in total. The van der Waals surface area contributed by atoms with E-state index in [0.29, 0.717) is 39.9 Å². The van der Waals surface area contributed by atoms with Crippen molar-refractivity contribution in [3.63, 3.8) is 0 Å². The van der Waals surface area contributed by atoms with Crippen molar-refractivity contribution in [2.24, 2.45) is 0 Å². The number of rotatable bonds is 5. The van der Waals surface area contributed by atoms with Gasteiger partial charge in [0.1, 0.15) is 5.75 Å². The normalized spacial score (nSPS) is 15.5. The Balaban J connectivity index is 1.60. The van der Waals surface area contributed by atoms with E-state index in [2.05, 4.69) is 5.32 Å². The van der Waals surface area contributed by atoms with Crippen LogP contribution in [0, 0.1) is 0 Å². The van der Waals surface area contributed by atoms with Gasteiger partial charge in [0.05, 0.1) is 17.6 Å². The number of benzene rings is 3. The maximum Gasteiger partial charge on any atom is 0.255 e. The summed E-state index contributed by atoms with van der Waals surface area (Å²) in [5.74, 6) is 0.753. The van der Waals surface area contributed by atoms with Crippen molar-refractivity contribution in [2.45, 2.75) is 19.4 Å². The maximum atomic E-state index is 12.9. The Hall–Kier alpha value is -3.03. The summed E-state index contributed by atoms with van der Waals surface area (Å²) >= 11 is 6.13. The summed E-state index contributed by atoms with van der Waals surface area (Å²) < 4.78 is 31.5. The van der Waals surface area contributed by atoms with E-state index in [0.717, 1.165) is 5.56 Å². The fourth-order valence-electron chi connectivity index (χ4n) is 3.75. The molecule has 8 heteroatoms. The van der Waals surface area contributed by atoms with Gasteiger partial charge in [-0.3, -0.25) is 9.10 Å². The Morgan fingerprint density at radius 1 is 1.10 bits per heavy atom. The number of anilines is 2. The number of carbonyl (C=O) groups is 1. The molecule has 0 fully saturated rings. The molecule has 0 aromatic heterocycles. The lowest BCUT2D eigenvalue weighted by atomic mass is 10.1. The summed E-state index contributed by atoms with van der Waals surface area (Å²) in [4.78, 5) is 12.9. The van der Waals surface area contributed by atoms with Gasteiger partial charge in [-0.2, -0.15) is 0 Å². The highest BCUT2D eigenvalue weighted by Crippen LogP contribution is 2.36. The van der Waals surface area contributed by atoms with Crippen LogP contribution in [0.1, 0.15) is 22.8 Å². The second-order valence-electron chi connectivity index (χ2n) is 7.47. The van der Waals surface area contributed by atoms with Gasteiger partial charge in [-0.1, -0.05) is 29.8 Å². The lowest BCUT2D eigenvalue weighted by Crippen LogP contribution is -2.34. The molecule has 0 bridgehead atoms. The summed E-state index contributed by atoms with van der Waals surface area (Å²) in [7, 11) is -3.39. The van der Waals surface area contributed by atoms with Crippen molar-refractivity contribution >= 4 is 38.9 Å². The van der Waals surface area contributed by atoms with Crippen molar-refractivity contribution in [3.05, 3.63) is 82.9 Å². The molecule has 0 radical (unpaired) electrons. The highest BCUT2D eigenvalue weighted by atomic mass is 35.5. The van der Waals surface area contributed by atoms with E-state index in [1.807, 2.05) is 37.3 Å². The van der Waals surface area contributed by atoms with Crippen LogP contribution in [0.4, 0.5) is 11.4 Å². The molecule has 160 valence electrons. The first-order chi connectivity index (χ1) is 14.7. The van der Waals surface area contributed by atoms with E-state index < -0.39 is 10.0 Å². The maximum absolute atomic E-state index is 12.9. The van der Waals surface area contributed by atoms with Gasteiger partial charge in [-0.25, -0.2) is 8.42 Å². The fourth-order valence-corrected chi connectivity index (χ4v) is 5.18. The van der Waals surface area contributed by atoms with Crippen LogP contribution in [0.15, 0.2) is 66.7 Å². The molecule has 1 aliphatic heterocycles. The predicted octanol–water partition coefficient (Wildman–Crippen LogP) is 5.10. The first kappa shape index (κ1) is 21.2. The third-order valence-electron chi connectivity index (χ3n) is 5.01. The zero-order valence-electron chi connectivity index (χ0n) is 17.0. The number of fused-ring (bicyclic) bond motifs is 1. The van der Waals surface area contributed by atoms with Crippen molar-refractivity contribution in [3.8, 4) is 11.5 Å². The van der Waals surface area contributed by atoms with Gasteiger partial charge < -0.3 is 10.1 Å². The number of nitrogens with one attached hydrogen (secondary N) is 1. The molecule has 0 saturated carbocycles. The van der Waals surface area contributed by atoms with Crippen LogP contribution in [0.2, 0.25) is 5.02 Å². The molecule has 1 unspecified atom stereocenters. The average Bonchev–Trinajstić information content (AvgIpc) is 3.06. The molecule has 1 atom stereocenters. The topological polar surface area (TPSA) is 75.7 Å². The minimum Gasteiger partial charge on any atom is -0.455 e. The molecular formula is C23H21ClN2O4S. The molecular weight excluding hydrogens is 436 g/mol. The van der Waals surface area contributed by atoms with E-state index in [1.165, 1.54) is 10.6 Å². The van der Waals surface area contributed by atoms with Gasteiger partial charge in [0.25, 0.3) is 5.91 Å². The lowest BCUT2D eigenvalue weighted by molar-refractivity contribution is 0.102. The third-order valence-corrected chi connectivity index (χ3v) is 6.52. The van der Waals surface area contributed by atoms with Crippen LogP contribution in [-0.2, 0) is 16.4 Å². The molecule has 6 nitrogen and oxygen atoms in total. The number of para-hydroxylation sites is 1. The Labute approximate surface area is 186 Å². The fraction of sp³-hybridized carbons (Fsp3) is 0.174. The number of sulfonamides is 1. The molecule has 31 heavy (non-hydrogen) atoms. The lowest BCUT2D eigenvalue weighted by Gasteiger charge is -2.22. The molecule has 1 heterocycles. The second-order valence-corrected chi connectivity index (χ2v) is 9.76. The molecule has 0 spiro atoms. The Bertz CT molecular complexity index is 1250. The van der Waals surface area contributed by atoms with Crippen molar-refractivity contribution in [2.75, 3.05) is 15.9 Å². The Morgan fingerprint density at radius 3 is 2.55 bits per heavy atom. The predicted molar refractivity (Wildman–Crippen MR) is 123 cm³/mol. The Kier molecular flexibility index (Phi) is 5.64. The first-order valence-corrected chi connectivity index (χ1v) is 11.9. The van der Waals surface area contributed by atoms with E-state index in [4.69, 9.17) is 16.3 Å². The number of hydrogen-bond acceptors (Lipinski definition) is 4. The minimum atomic E-state index is -3.39. The molecule has 1 amide bonds. The molecule has 0 saturated heterocycles. The highest BCUT2D eigenvalue weighted by Gasteiger charge is 2.32. The van der Waals surface area contributed by atoms with Crippen LogP contribution in [0.3, 0.4) is 0 Å². The molecule has 1 aliphatic rings. The van der Waals surface area contributed by atoms with Gasteiger partial charge in [0.2, 0.25) is 10.0 Å². The van der Waals surface area contributed by atoms with Crippen molar-refractivity contribution < 1.29 is 17.9 Å². The van der Waals surface area contributed by atoms with Crippen LogP contribution < -0.4 is 14.4 Å². The number of nitrogens with zero attached hydrogens (tertiary/aromatic N) is 1. The highest BCUT2D eigenvalue weighted by molar-refractivity contribution is 7.92. The molecule has 0 aliphatic carbocycles. The van der Waals surface area contributed by atoms with Crippen LogP contribution in [0.25, 0.3) is 0 Å². The average molecular weight is 457 g/mol. The van der Waals surface area contributed by atoms with E-state index in [9.17, 15) is 13.2 Å². The van der Waals surface area contributed by atoms with Crippen molar-refractivity contribution in [1.29, 1.82) is 0 Å². The number of carbonyl (C=O) groups excluding carboxylic acids is 1. The van der Waals surface area contributed by atoms with E-state index in [1.54, 1.807) is 36.4 Å². The summed E-state index contributed by atoms with van der Waals surface area (Å²) in [6, 6.07) is 19.1. The Morgan fingerprint density at radius 2 is 1.84 bits per heavy atom. The molecule has 3 aromatic rings. The van der Waals surface area contributed by atoms with Crippen LogP contribution in [-0.4, -0.2) is 26.6 Å². The van der Waals surface area contributed by atoms with Gasteiger partial charge in [-0.05, 0) is 67.4 Å². The van der Waals surface area contributed by atoms with Crippen LogP contribution in [0.5, 0.6) is 11.5 Å². The molecule has 3 aromatic carbocycles.